The Morgan fingerprint density at radius 2 is 1.62 bits per heavy atom. The van der Waals surface area contributed by atoms with E-state index in [1.807, 2.05) is 44.3 Å². The van der Waals surface area contributed by atoms with Crippen molar-refractivity contribution in [2.75, 3.05) is 13.2 Å². The third-order valence-electron chi connectivity index (χ3n) is 5.29. The van der Waals surface area contributed by atoms with Crippen LogP contribution in [0.2, 0.25) is 0 Å². The van der Waals surface area contributed by atoms with E-state index in [1.165, 1.54) is 0 Å². The van der Waals surface area contributed by atoms with Gasteiger partial charge in [-0.2, -0.15) is 26.3 Å². The minimum atomic E-state index is -5.08. The van der Waals surface area contributed by atoms with Crippen molar-refractivity contribution in [3.05, 3.63) is 71.1 Å². The highest BCUT2D eigenvalue weighted by Gasteiger charge is 2.39. The van der Waals surface area contributed by atoms with Gasteiger partial charge in [-0.1, -0.05) is 17.3 Å². The van der Waals surface area contributed by atoms with Crippen molar-refractivity contribution in [3.8, 4) is 0 Å². The summed E-state index contributed by atoms with van der Waals surface area (Å²) in [6.07, 6.45) is -8.42. The van der Waals surface area contributed by atoms with E-state index in [9.17, 15) is 31.1 Å². The first kappa shape index (κ1) is 33.6. The number of hydrogen-bond acceptors (Lipinski definition) is 8. The maximum absolute atomic E-state index is 13.0. The van der Waals surface area contributed by atoms with Gasteiger partial charge in [0.2, 0.25) is 0 Å². The molecule has 0 bridgehead atoms. The molecule has 0 aromatic carbocycles. The number of halogens is 6. The van der Waals surface area contributed by atoms with Gasteiger partial charge in [0.1, 0.15) is 11.4 Å². The number of pyridine rings is 2. The second-order valence-electron chi connectivity index (χ2n) is 8.53. The summed E-state index contributed by atoms with van der Waals surface area (Å²) in [5.41, 5.74) is 3.96. The number of alkyl halides is 6. The number of hydrogen-bond donors (Lipinski definition) is 2. The minimum Gasteiger partial charge on any atom is -0.475 e. The second kappa shape index (κ2) is 14.3. The van der Waals surface area contributed by atoms with Crippen LogP contribution in [0.5, 0.6) is 0 Å². The monoisotopic (exact) mass is 606 g/mol. The van der Waals surface area contributed by atoms with Crippen LogP contribution in [-0.2, 0) is 34.5 Å². The van der Waals surface area contributed by atoms with Gasteiger partial charge in [0.15, 0.2) is 0 Å². The molecule has 1 aliphatic rings. The molecule has 3 aromatic heterocycles. The standard InChI is InChI=1S/C20H22N6O2.2C2HF3O2/c1-14-6-5-8-17(22-14)20(27)26-10-15(19-18(11-26)23-24-25(19)2)12-28-13-16-7-3-4-9-21-16;2*3-2(4,5)1(6)7/h3-9,15H,10-13H2,1-2H3;2*(H,6,7). The van der Waals surface area contributed by atoms with Gasteiger partial charge in [-0.3, -0.25) is 14.5 Å². The van der Waals surface area contributed by atoms with Gasteiger partial charge < -0.3 is 19.8 Å². The number of carboxylic acids is 2. The lowest BCUT2D eigenvalue weighted by molar-refractivity contribution is -0.193. The molecule has 1 amide bonds. The van der Waals surface area contributed by atoms with Gasteiger partial charge in [0, 0.05) is 31.4 Å². The first-order chi connectivity index (χ1) is 19.5. The summed E-state index contributed by atoms with van der Waals surface area (Å²) in [6, 6.07) is 11.2. The maximum atomic E-state index is 13.0. The van der Waals surface area contributed by atoms with Crippen molar-refractivity contribution in [1.82, 2.24) is 29.9 Å². The summed E-state index contributed by atoms with van der Waals surface area (Å²) in [5, 5.41) is 22.6. The van der Waals surface area contributed by atoms with Crippen LogP contribution in [0.4, 0.5) is 26.3 Å². The van der Waals surface area contributed by atoms with Crippen molar-refractivity contribution in [3.63, 3.8) is 0 Å². The summed E-state index contributed by atoms with van der Waals surface area (Å²) < 4.78 is 71.2. The Morgan fingerprint density at radius 3 is 2.14 bits per heavy atom. The fraction of sp³-hybridized carbons (Fsp3) is 0.375. The Bertz CT molecular complexity index is 1340. The van der Waals surface area contributed by atoms with Crippen molar-refractivity contribution >= 4 is 17.8 Å². The van der Waals surface area contributed by atoms with Crippen LogP contribution in [0.1, 0.15) is 39.2 Å². The van der Waals surface area contributed by atoms with Crippen LogP contribution in [0.25, 0.3) is 0 Å². The summed E-state index contributed by atoms with van der Waals surface area (Å²) >= 11 is 0. The van der Waals surface area contributed by atoms with Gasteiger partial charge in [0.25, 0.3) is 5.91 Å². The van der Waals surface area contributed by atoms with E-state index in [-0.39, 0.29) is 11.8 Å². The molecule has 0 spiro atoms. The first-order valence-corrected chi connectivity index (χ1v) is 11.7. The lowest BCUT2D eigenvalue weighted by Gasteiger charge is -2.32. The minimum absolute atomic E-state index is 0.0128. The largest absolute Gasteiger partial charge is 0.490 e. The Kier molecular flexibility index (Phi) is 11.5. The van der Waals surface area contributed by atoms with Gasteiger partial charge >= 0.3 is 24.3 Å². The number of carbonyl (C=O) groups is 3. The molecule has 3 aromatic rings. The predicted octanol–water partition coefficient (Wildman–Crippen LogP) is 3.14. The Balaban J connectivity index is 0.000000367. The summed E-state index contributed by atoms with van der Waals surface area (Å²) in [4.78, 5) is 41.2. The Hall–Kier alpha value is -4.61. The van der Waals surface area contributed by atoms with Crippen LogP contribution in [0, 0.1) is 6.92 Å². The van der Waals surface area contributed by atoms with Gasteiger partial charge in [-0.25, -0.2) is 14.6 Å². The molecule has 4 heterocycles. The third kappa shape index (κ3) is 10.1. The number of aryl methyl sites for hydroxylation is 2. The molecule has 0 radical (unpaired) electrons. The van der Waals surface area contributed by atoms with Crippen molar-refractivity contribution in [2.24, 2.45) is 7.05 Å². The normalized spacial score (nSPS) is 14.5. The molecule has 12 nitrogen and oxygen atoms in total. The van der Waals surface area contributed by atoms with Crippen LogP contribution in [0.15, 0.2) is 42.6 Å². The SMILES string of the molecule is Cc1cccc(C(=O)N2Cc3nnn(C)c3C(COCc3ccccn3)C2)n1.O=C(O)C(F)(F)F.O=C(O)C(F)(F)F. The van der Waals surface area contributed by atoms with E-state index in [4.69, 9.17) is 24.5 Å². The average molecular weight is 606 g/mol. The number of aromatic nitrogens is 5. The summed E-state index contributed by atoms with van der Waals surface area (Å²) in [6.45, 7) is 3.71. The fourth-order valence-electron chi connectivity index (χ4n) is 3.52. The molecule has 1 aliphatic heterocycles. The van der Waals surface area contributed by atoms with Crippen molar-refractivity contribution in [1.29, 1.82) is 0 Å². The summed E-state index contributed by atoms with van der Waals surface area (Å²) in [5.74, 6) is -5.63. The number of carboxylic acid groups (broad SMARTS) is 2. The molecule has 42 heavy (non-hydrogen) atoms. The van der Waals surface area contributed by atoms with E-state index < -0.39 is 24.3 Å². The van der Waals surface area contributed by atoms with Crippen LogP contribution >= 0.6 is 0 Å². The van der Waals surface area contributed by atoms with Gasteiger partial charge in [-0.05, 0) is 31.2 Å². The number of carbonyl (C=O) groups excluding carboxylic acids is 1. The van der Waals surface area contributed by atoms with Gasteiger partial charge in [0.05, 0.1) is 31.1 Å². The number of aliphatic carboxylic acids is 2. The number of fused-ring (bicyclic) bond motifs is 1. The van der Waals surface area contributed by atoms with Crippen LogP contribution in [0.3, 0.4) is 0 Å². The molecule has 0 saturated carbocycles. The van der Waals surface area contributed by atoms with Crippen LogP contribution < -0.4 is 0 Å². The smallest absolute Gasteiger partial charge is 0.475 e. The number of nitrogens with zero attached hydrogens (tertiary/aromatic N) is 6. The van der Waals surface area contributed by atoms with E-state index in [0.29, 0.717) is 32.0 Å². The average Bonchev–Trinajstić information content (AvgIpc) is 3.29. The molecule has 228 valence electrons. The second-order valence-corrected chi connectivity index (χ2v) is 8.53. The quantitative estimate of drug-likeness (QED) is 0.413. The maximum Gasteiger partial charge on any atom is 0.490 e. The Morgan fingerprint density at radius 1 is 1.00 bits per heavy atom. The molecule has 1 atom stereocenters. The van der Waals surface area contributed by atoms with E-state index in [0.717, 1.165) is 22.8 Å². The topological polar surface area (TPSA) is 161 Å². The molecular formula is C24H24F6N6O6. The third-order valence-corrected chi connectivity index (χ3v) is 5.29. The van der Waals surface area contributed by atoms with Crippen molar-refractivity contribution in [2.45, 2.75) is 38.3 Å². The Labute approximate surface area is 233 Å². The number of amides is 1. The molecule has 0 aliphatic carbocycles. The molecule has 4 rings (SSSR count). The first-order valence-electron chi connectivity index (χ1n) is 11.7. The van der Waals surface area contributed by atoms with Crippen LogP contribution in [-0.4, -0.2) is 83.4 Å². The lowest BCUT2D eigenvalue weighted by atomic mass is 9.98. The molecule has 0 fully saturated rings. The fourth-order valence-corrected chi connectivity index (χ4v) is 3.52. The number of ether oxygens (including phenoxy) is 1. The van der Waals surface area contributed by atoms with Crippen molar-refractivity contribution < 1.29 is 55.7 Å². The van der Waals surface area contributed by atoms with E-state index in [1.54, 1.807) is 21.8 Å². The molecule has 1 unspecified atom stereocenters. The van der Waals surface area contributed by atoms with Gasteiger partial charge in [-0.15, -0.1) is 5.10 Å². The van der Waals surface area contributed by atoms with E-state index in [2.05, 4.69) is 20.3 Å². The number of rotatable bonds is 5. The highest BCUT2D eigenvalue weighted by atomic mass is 19.4. The summed E-state index contributed by atoms with van der Waals surface area (Å²) in [7, 11) is 1.87. The highest BCUT2D eigenvalue weighted by Crippen LogP contribution is 2.28. The molecule has 18 heteroatoms. The predicted molar refractivity (Wildman–Crippen MR) is 129 cm³/mol. The molecule has 2 N–H and O–H groups in total. The lowest BCUT2D eigenvalue weighted by Crippen LogP contribution is -2.40. The van der Waals surface area contributed by atoms with E-state index >= 15 is 0 Å². The zero-order valence-electron chi connectivity index (χ0n) is 21.9. The highest BCUT2D eigenvalue weighted by molar-refractivity contribution is 5.92. The zero-order chi connectivity index (χ0) is 31.7. The zero-order valence-corrected chi connectivity index (χ0v) is 21.9. The molecular weight excluding hydrogens is 582 g/mol. The molecule has 0 saturated heterocycles.